The van der Waals surface area contributed by atoms with Gasteiger partial charge in [-0.25, -0.2) is 0 Å². The molecule has 0 fully saturated rings. The Morgan fingerprint density at radius 2 is 1.94 bits per heavy atom. The molecule has 90 valence electrons. The molecule has 0 saturated carbocycles. The molecule has 1 aromatic heterocycles. The van der Waals surface area contributed by atoms with Crippen LogP contribution in [0, 0.1) is 0 Å². The number of nitrogens with zero attached hydrogens (tertiary/aromatic N) is 1. The van der Waals surface area contributed by atoms with Crippen LogP contribution in [0.4, 0.5) is 0 Å². The summed E-state index contributed by atoms with van der Waals surface area (Å²) in [7, 11) is 2.21. The van der Waals surface area contributed by atoms with Gasteiger partial charge in [-0.3, -0.25) is 0 Å². The highest BCUT2D eigenvalue weighted by Gasteiger charge is 2.18. The molecule has 2 aromatic carbocycles. The van der Waals surface area contributed by atoms with Gasteiger partial charge in [-0.05, 0) is 10.9 Å². The van der Waals surface area contributed by atoms with Crippen molar-refractivity contribution in [1.82, 2.24) is 9.88 Å². The van der Waals surface area contributed by atoms with E-state index in [0.717, 1.165) is 19.5 Å². The summed E-state index contributed by atoms with van der Waals surface area (Å²) < 4.78 is 2.40. The summed E-state index contributed by atoms with van der Waals surface area (Å²) in [5.74, 6) is 0. The highest BCUT2D eigenvalue weighted by atomic mass is 15.0. The first-order valence-corrected chi connectivity index (χ1v) is 6.55. The molecule has 0 atom stereocenters. The van der Waals surface area contributed by atoms with Crippen LogP contribution in [0.5, 0.6) is 0 Å². The number of hydrogen-bond acceptors (Lipinski definition) is 1. The minimum Gasteiger partial charge on any atom is -0.347 e. The molecule has 0 amide bonds. The van der Waals surface area contributed by atoms with Crippen LogP contribution in [0.25, 0.3) is 21.7 Å². The summed E-state index contributed by atoms with van der Waals surface area (Å²) >= 11 is 0. The molecule has 1 aliphatic rings. The van der Waals surface area contributed by atoms with Gasteiger partial charge in [0.05, 0.1) is 5.52 Å². The molecule has 2 heterocycles. The number of aromatic nitrogens is 1. The molecule has 4 rings (SSSR count). The summed E-state index contributed by atoms with van der Waals surface area (Å²) in [4.78, 5) is 0. The standard InChI is InChI=1S/C16H16N2/c1-18-15-8-9-17-10-14(15)13-7-6-11-4-2-3-5-12(11)16(13)18/h2-7,17H,8-10H2,1H3. The second-order valence-corrected chi connectivity index (χ2v) is 5.09. The van der Waals surface area contributed by atoms with Crippen LogP contribution < -0.4 is 5.32 Å². The van der Waals surface area contributed by atoms with Gasteiger partial charge in [0.25, 0.3) is 0 Å². The molecule has 0 unspecified atom stereocenters. The molecule has 3 aromatic rings. The van der Waals surface area contributed by atoms with Gasteiger partial charge in [-0.2, -0.15) is 0 Å². The monoisotopic (exact) mass is 236 g/mol. The lowest BCUT2D eigenvalue weighted by atomic mass is 10.0. The maximum absolute atomic E-state index is 3.48. The molecule has 0 radical (unpaired) electrons. The fraction of sp³-hybridized carbons (Fsp3) is 0.250. The van der Waals surface area contributed by atoms with Crippen LogP contribution in [0.3, 0.4) is 0 Å². The number of nitrogens with one attached hydrogen (secondary N) is 1. The van der Waals surface area contributed by atoms with E-state index < -0.39 is 0 Å². The highest BCUT2D eigenvalue weighted by Crippen LogP contribution is 2.32. The summed E-state index contributed by atoms with van der Waals surface area (Å²) in [6.45, 7) is 2.10. The van der Waals surface area contributed by atoms with Crippen LogP contribution in [-0.2, 0) is 20.0 Å². The van der Waals surface area contributed by atoms with E-state index in [2.05, 4.69) is 53.3 Å². The second-order valence-electron chi connectivity index (χ2n) is 5.09. The molecule has 1 N–H and O–H groups in total. The second kappa shape index (κ2) is 3.59. The van der Waals surface area contributed by atoms with Gasteiger partial charge in [-0.1, -0.05) is 36.4 Å². The van der Waals surface area contributed by atoms with Crippen molar-refractivity contribution in [3.8, 4) is 0 Å². The number of hydrogen-bond donors (Lipinski definition) is 1. The molecule has 1 aliphatic heterocycles. The number of benzene rings is 2. The predicted octanol–water partition coefficient (Wildman–Crippen LogP) is 2.98. The third kappa shape index (κ3) is 1.21. The van der Waals surface area contributed by atoms with Gasteiger partial charge >= 0.3 is 0 Å². The third-order valence-electron chi connectivity index (χ3n) is 4.15. The highest BCUT2D eigenvalue weighted by molar-refractivity contribution is 6.07. The first-order chi connectivity index (χ1) is 8.86. The summed E-state index contributed by atoms with van der Waals surface area (Å²) in [5, 5.41) is 7.59. The van der Waals surface area contributed by atoms with Crippen molar-refractivity contribution >= 4 is 21.7 Å². The zero-order chi connectivity index (χ0) is 12.1. The Morgan fingerprint density at radius 1 is 1.06 bits per heavy atom. The average Bonchev–Trinajstić information content (AvgIpc) is 2.73. The maximum atomic E-state index is 3.48. The van der Waals surface area contributed by atoms with Crippen molar-refractivity contribution < 1.29 is 0 Å². The van der Waals surface area contributed by atoms with Crippen molar-refractivity contribution in [1.29, 1.82) is 0 Å². The van der Waals surface area contributed by atoms with E-state index in [1.807, 2.05) is 0 Å². The zero-order valence-electron chi connectivity index (χ0n) is 10.5. The summed E-state index contributed by atoms with van der Waals surface area (Å²) in [6, 6.07) is 13.2. The van der Waals surface area contributed by atoms with E-state index in [1.165, 1.54) is 32.9 Å². The van der Waals surface area contributed by atoms with Gasteiger partial charge in [0, 0.05) is 43.0 Å². The smallest absolute Gasteiger partial charge is 0.0562 e. The number of fused-ring (bicyclic) bond motifs is 5. The van der Waals surface area contributed by atoms with E-state index in [9.17, 15) is 0 Å². The Balaban J connectivity index is 2.22. The Labute approximate surface area is 106 Å². The van der Waals surface area contributed by atoms with Gasteiger partial charge in [0.2, 0.25) is 0 Å². The van der Waals surface area contributed by atoms with Crippen molar-refractivity contribution in [2.45, 2.75) is 13.0 Å². The van der Waals surface area contributed by atoms with Crippen LogP contribution in [-0.4, -0.2) is 11.1 Å². The minimum absolute atomic E-state index is 1.00. The zero-order valence-corrected chi connectivity index (χ0v) is 10.5. The fourth-order valence-electron chi connectivity index (χ4n) is 3.29. The molecular formula is C16H16N2. The summed E-state index contributed by atoms with van der Waals surface area (Å²) in [6.07, 6.45) is 1.13. The molecule has 0 spiro atoms. The van der Waals surface area contributed by atoms with Crippen molar-refractivity contribution in [2.75, 3.05) is 6.54 Å². The van der Waals surface area contributed by atoms with E-state index in [0.29, 0.717) is 0 Å². The fourth-order valence-corrected chi connectivity index (χ4v) is 3.29. The molecule has 0 aliphatic carbocycles. The number of rotatable bonds is 0. The quantitative estimate of drug-likeness (QED) is 0.635. The first kappa shape index (κ1) is 10.2. The van der Waals surface area contributed by atoms with Crippen molar-refractivity contribution in [3.63, 3.8) is 0 Å². The predicted molar refractivity (Wildman–Crippen MR) is 75.8 cm³/mol. The summed E-state index contributed by atoms with van der Waals surface area (Å²) in [5.41, 5.74) is 4.38. The molecule has 0 bridgehead atoms. The van der Waals surface area contributed by atoms with E-state index >= 15 is 0 Å². The lowest BCUT2D eigenvalue weighted by molar-refractivity contribution is 0.622. The van der Waals surface area contributed by atoms with E-state index in [4.69, 9.17) is 0 Å². The molecule has 0 saturated heterocycles. The van der Waals surface area contributed by atoms with E-state index in [-0.39, 0.29) is 0 Å². The van der Waals surface area contributed by atoms with Crippen LogP contribution in [0.15, 0.2) is 36.4 Å². The van der Waals surface area contributed by atoms with Crippen LogP contribution >= 0.6 is 0 Å². The van der Waals surface area contributed by atoms with Gasteiger partial charge in [-0.15, -0.1) is 0 Å². The molecule has 18 heavy (non-hydrogen) atoms. The minimum atomic E-state index is 1.00. The van der Waals surface area contributed by atoms with Gasteiger partial charge in [0.15, 0.2) is 0 Å². The van der Waals surface area contributed by atoms with Gasteiger partial charge in [0.1, 0.15) is 0 Å². The molecule has 2 nitrogen and oxygen atoms in total. The SMILES string of the molecule is Cn1c2c(c3ccc4ccccc4c31)CNCC2. The number of aryl methyl sites for hydroxylation is 1. The maximum Gasteiger partial charge on any atom is 0.0562 e. The van der Waals surface area contributed by atoms with Crippen LogP contribution in [0.1, 0.15) is 11.3 Å². The van der Waals surface area contributed by atoms with Crippen molar-refractivity contribution in [2.24, 2.45) is 7.05 Å². The largest absolute Gasteiger partial charge is 0.347 e. The first-order valence-electron chi connectivity index (χ1n) is 6.55. The van der Waals surface area contributed by atoms with Crippen LogP contribution in [0.2, 0.25) is 0 Å². The third-order valence-corrected chi connectivity index (χ3v) is 4.15. The molecule has 2 heteroatoms. The lowest BCUT2D eigenvalue weighted by Gasteiger charge is -2.14. The normalized spacial score (nSPS) is 15.2. The molecular weight excluding hydrogens is 220 g/mol. The Bertz CT molecular complexity index is 752. The van der Waals surface area contributed by atoms with Gasteiger partial charge < -0.3 is 9.88 Å². The Kier molecular flexibility index (Phi) is 2.03. The Morgan fingerprint density at radius 3 is 2.89 bits per heavy atom. The van der Waals surface area contributed by atoms with E-state index in [1.54, 1.807) is 0 Å². The average molecular weight is 236 g/mol. The Hall–Kier alpha value is -1.80. The topological polar surface area (TPSA) is 17.0 Å². The lowest BCUT2D eigenvalue weighted by Crippen LogP contribution is -2.24. The van der Waals surface area contributed by atoms with Crippen molar-refractivity contribution in [3.05, 3.63) is 47.7 Å².